The number of aliphatic carboxylic acids is 1. The molecule has 0 amide bonds. The third kappa shape index (κ3) is 5.71. The van der Waals surface area contributed by atoms with Crippen LogP contribution in [0.15, 0.2) is 48.0 Å². The summed E-state index contributed by atoms with van der Waals surface area (Å²) in [6, 6.07) is 13.3. The highest BCUT2D eigenvalue weighted by Crippen LogP contribution is 2.25. The van der Waals surface area contributed by atoms with E-state index >= 15 is 0 Å². The summed E-state index contributed by atoms with van der Waals surface area (Å²) in [5, 5.41) is 18.9. The predicted octanol–water partition coefficient (Wildman–Crippen LogP) is 4.44. The zero-order valence-electron chi connectivity index (χ0n) is 12.9. The lowest BCUT2D eigenvalue weighted by Crippen LogP contribution is -2.09. The van der Waals surface area contributed by atoms with Gasteiger partial charge >= 0.3 is 5.97 Å². The average molecular weight is 378 g/mol. The number of nitriles is 1. The van der Waals surface area contributed by atoms with Gasteiger partial charge in [-0.15, -0.1) is 0 Å². The molecule has 0 saturated heterocycles. The molecule has 0 aromatic heterocycles. The van der Waals surface area contributed by atoms with Gasteiger partial charge in [-0.3, -0.25) is 0 Å². The first-order chi connectivity index (χ1) is 12.0. The lowest BCUT2D eigenvalue weighted by molar-refractivity contribution is -0.132. The third-order valence-electron chi connectivity index (χ3n) is 3.05. The Bertz CT molecular complexity index is 826. The van der Waals surface area contributed by atoms with Crippen LogP contribution < -0.4 is 9.47 Å². The van der Waals surface area contributed by atoms with Crippen LogP contribution in [-0.2, 0) is 4.79 Å². The van der Waals surface area contributed by atoms with E-state index in [1.54, 1.807) is 42.5 Å². The molecule has 0 fully saturated rings. The molecule has 25 heavy (non-hydrogen) atoms. The smallest absolute Gasteiger partial charge is 0.346 e. The Kier molecular flexibility index (Phi) is 6.70. The van der Waals surface area contributed by atoms with Crippen molar-refractivity contribution < 1.29 is 19.4 Å². The summed E-state index contributed by atoms with van der Waals surface area (Å²) in [6.07, 6.45) is 1.21. The molecule has 5 nitrogen and oxygen atoms in total. The lowest BCUT2D eigenvalue weighted by atomic mass is 10.1. The first-order valence-corrected chi connectivity index (χ1v) is 7.91. The van der Waals surface area contributed by atoms with Crippen LogP contribution in [0.4, 0.5) is 0 Å². The molecule has 7 heteroatoms. The Labute approximate surface area is 154 Å². The molecule has 0 heterocycles. The monoisotopic (exact) mass is 377 g/mol. The number of ether oxygens (including phenoxy) is 2. The maximum atomic E-state index is 11.0. The highest BCUT2D eigenvalue weighted by Gasteiger charge is 2.10. The molecular weight excluding hydrogens is 365 g/mol. The second-order valence-electron chi connectivity index (χ2n) is 4.81. The number of rotatable bonds is 7. The maximum absolute atomic E-state index is 11.0. The van der Waals surface area contributed by atoms with Crippen molar-refractivity contribution in [1.82, 2.24) is 0 Å². The van der Waals surface area contributed by atoms with Gasteiger partial charge in [-0.05, 0) is 48.5 Å². The number of carboxylic acid groups (broad SMARTS) is 1. The summed E-state index contributed by atoms with van der Waals surface area (Å²) in [5.41, 5.74) is -0.0116. The summed E-state index contributed by atoms with van der Waals surface area (Å²) in [7, 11) is 0. The topological polar surface area (TPSA) is 79.5 Å². The molecule has 0 aliphatic carbocycles. The lowest BCUT2D eigenvalue weighted by Gasteiger charge is -2.11. The standard InChI is InChI=1S/C18H13Cl2NO4/c19-14-1-4-16(5-2-14)24-7-8-25-17-6-3-15(20)10-12(17)9-13(11-21)18(22)23/h1-6,9-10H,7-8H2,(H,22,23). The van der Waals surface area contributed by atoms with Gasteiger partial charge in [0, 0.05) is 15.6 Å². The van der Waals surface area contributed by atoms with Gasteiger partial charge in [0.2, 0.25) is 0 Å². The van der Waals surface area contributed by atoms with Crippen molar-refractivity contribution in [1.29, 1.82) is 5.26 Å². The minimum absolute atomic E-state index is 0.222. The molecule has 2 aromatic rings. The van der Waals surface area contributed by atoms with Crippen LogP contribution in [0.3, 0.4) is 0 Å². The van der Waals surface area contributed by atoms with Crippen LogP contribution in [-0.4, -0.2) is 24.3 Å². The largest absolute Gasteiger partial charge is 0.490 e. The quantitative estimate of drug-likeness (QED) is 0.438. The molecule has 0 radical (unpaired) electrons. The van der Waals surface area contributed by atoms with E-state index in [-0.39, 0.29) is 13.2 Å². The van der Waals surface area contributed by atoms with E-state index in [0.717, 1.165) is 0 Å². The van der Waals surface area contributed by atoms with E-state index in [1.807, 2.05) is 0 Å². The van der Waals surface area contributed by atoms with Gasteiger partial charge in [-0.1, -0.05) is 23.2 Å². The fourth-order valence-electron chi connectivity index (χ4n) is 1.90. The Morgan fingerprint density at radius 3 is 2.36 bits per heavy atom. The fourth-order valence-corrected chi connectivity index (χ4v) is 2.21. The molecule has 2 rings (SSSR count). The molecule has 0 aliphatic heterocycles. The number of benzene rings is 2. The molecule has 0 unspecified atom stereocenters. The molecule has 0 bridgehead atoms. The third-order valence-corrected chi connectivity index (χ3v) is 3.53. The van der Waals surface area contributed by atoms with E-state index in [4.69, 9.17) is 43.0 Å². The van der Waals surface area contributed by atoms with Crippen LogP contribution in [0, 0.1) is 11.3 Å². The molecule has 0 spiro atoms. The van der Waals surface area contributed by atoms with Crippen molar-refractivity contribution >= 4 is 35.2 Å². The summed E-state index contributed by atoms with van der Waals surface area (Å²) in [6.45, 7) is 0.498. The molecule has 2 aromatic carbocycles. The van der Waals surface area contributed by atoms with Crippen LogP contribution in [0.5, 0.6) is 11.5 Å². The highest BCUT2D eigenvalue weighted by atomic mass is 35.5. The van der Waals surface area contributed by atoms with Crippen molar-refractivity contribution in [2.45, 2.75) is 0 Å². The summed E-state index contributed by atoms with van der Waals surface area (Å²) in [5.74, 6) is -0.264. The molecule has 0 saturated carbocycles. The van der Waals surface area contributed by atoms with Crippen LogP contribution in [0.1, 0.15) is 5.56 Å². The summed E-state index contributed by atoms with van der Waals surface area (Å²) < 4.78 is 11.1. The van der Waals surface area contributed by atoms with Crippen molar-refractivity contribution in [2.75, 3.05) is 13.2 Å². The van der Waals surface area contributed by atoms with Gasteiger partial charge in [0.15, 0.2) is 0 Å². The normalized spacial score (nSPS) is 10.8. The van der Waals surface area contributed by atoms with Gasteiger partial charge < -0.3 is 14.6 Å². The number of hydrogen-bond acceptors (Lipinski definition) is 4. The van der Waals surface area contributed by atoms with Crippen LogP contribution >= 0.6 is 23.2 Å². The summed E-state index contributed by atoms with van der Waals surface area (Å²) >= 11 is 11.7. The molecule has 0 atom stereocenters. The highest BCUT2D eigenvalue weighted by molar-refractivity contribution is 6.31. The van der Waals surface area contributed by atoms with Gasteiger partial charge in [-0.25, -0.2) is 4.79 Å². The second-order valence-corrected chi connectivity index (χ2v) is 5.68. The van der Waals surface area contributed by atoms with Crippen molar-refractivity contribution in [3.63, 3.8) is 0 Å². The minimum atomic E-state index is -1.32. The zero-order chi connectivity index (χ0) is 18.2. The van der Waals surface area contributed by atoms with Gasteiger partial charge in [-0.2, -0.15) is 5.26 Å². The van der Waals surface area contributed by atoms with Crippen LogP contribution in [0.2, 0.25) is 10.0 Å². The fraction of sp³-hybridized carbons (Fsp3) is 0.111. The molecule has 1 N–H and O–H groups in total. The number of hydrogen-bond donors (Lipinski definition) is 1. The molecule has 128 valence electrons. The number of carbonyl (C=O) groups is 1. The second kappa shape index (κ2) is 8.97. The van der Waals surface area contributed by atoms with Gasteiger partial charge in [0.05, 0.1) is 0 Å². The van der Waals surface area contributed by atoms with E-state index in [0.29, 0.717) is 27.1 Å². The van der Waals surface area contributed by atoms with Gasteiger partial charge in [0.1, 0.15) is 36.4 Å². The van der Waals surface area contributed by atoms with Crippen molar-refractivity contribution in [2.24, 2.45) is 0 Å². The predicted molar refractivity (Wildman–Crippen MR) is 95.1 cm³/mol. The Morgan fingerprint density at radius 1 is 1.08 bits per heavy atom. The van der Waals surface area contributed by atoms with Gasteiger partial charge in [0.25, 0.3) is 0 Å². The average Bonchev–Trinajstić information content (AvgIpc) is 2.59. The SMILES string of the molecule is N#CC(=Cc1cc(Cl)ccc1OCCOc1ccc(Cl)cc1)C(=O)O. The first-order valence-electron chi connectivity index (χ1n) is 7.15. The Balaban J connectivity index is 2.03. The number of carboxylic acids is 1. The molecular formula is C18H13Cl2NO4. The Morgan fingerprint density at radius 2 is 1.72 bits per heavy atom. The first kappa shape index (κ1) is 18.7. The molecule has 0 aliphatic rings. The van der Waals surface area contributed by atoms with Crippen molar-refractivity contribution in [3.8, 4) is 17.6 Å². The van der Waals surface area contributed by atoms with E-state index in [2.05, 4.69) is 0 Å². The van der Waals surface area contributed by atoms with E-state index in [9.17, 15) is 4.79 Å². The Hall–Kier alpha value is -2.68. The maximum Gasteiger partial charge on any atom is 0.346 e. The number of halogens is 2. The summed E-state index contributed by atoms with van der Waals surface area (Å²) in [4.78, 5) is 11.0. The zero-order valence-corrected chi connectivity index (χ0v) is 14.4. The number of nitrogens with zero attached hydrogens (tertiary/aromatic N) is 1. The van der Waals surface area contributed by atoms with E-state index < -0.39 is 11.5 Å². The minimum Gasteiger partial charge on any atom is -0.490 e. The van der Waals surface area contributed by atoms with Crippen molar-refractivity contribution in [3.05, 3.63) is 63.6 Å². The van der Waals surface area contributed by atoms with E-state index in [1.165, 1.54) is 12.1 Å². The van der Waals surface area contributed by atoms with Crippen LogP contribution in [0.25, 0.3) is 6.08 Å².